The third kappa shape index (κ3) is 5.63. The fourth-order valence-electron chi connectivity index (χ4n) is 10.9. The van der Waals surface area contributed by atoms with Gasteiger partial charge in [0.15, 0.2) is 0 Å². The van der Waals surface area contributed by atoms with Gasteiger partial charge in [-0.1, -0.05) is 13.8 Å². The van der Waals surface area contributed by atoms with Crippen molar-refractivity contribution in [3.8, 4) is 6.07 Å². The molecule has 8 bridgehead atoms. The van der Waals surface area contributed by atoms with Crippen LogP contribution in [0.2, 0.25) is 0 Å². The lowest BCUT2D eigenvalue weighted by Gasteiger charge is -2.58. The first-order valence-corrected chi connectivity index (χ1v) is 20.8. The smallest absolute Gasteiger partial charge is 0.305 e. The Morgan fingerprint density at radius 2 is 1.52 bits per heavy atom. The van der Waals surface area contributed by atoms with E-state index in [2.05, 4.69) is 93.8 Å². The van der Waals surface area contributed by atoms with Crippen LogP contribution in [0.3, 0.4) is 0 Å². The number of carbonyl (C=O) groups is 3. The number of carbonyl (C=O) groups excluding carboxylic acids is 3. The molecule has 4 aliphatic rings. The number of fused-ring (bicyclic) bond motifs is 11. The maximum atomic E-state index is 12.6. The molecule has 1 aliphatic carbocycles. The van der Waals surface area contributed by atoms with Crippen LogP contribution in [0.15, 0.2) is 35.9 Å². The predicted octanol–water partition coefficient (Wildman–Crippen LogP) is 9.00. The van der Waals surface area contributed by atoms with Crippen LogP contribution in [0.5, 0.6) is 0 Å². The number of esters is 2. The van der Waals surface area contributed by atoms with Gasteiger partial charge in [-0.2, -0.15) is 5.26 Å². The van der Waals surface area contributed by atoms with E-state index in [1.54, 1.807) is 0 Å². The summed E-state index contributed by atoms with van der Waals surface area (Å²) >= 11 is 0. The molecule has 11 heteroatoms. The number of rotatable bonds is 9. The second kappa shape index (κ2) is 14.8. The van der Waals surface area contributed by atoms with E-state index in [4.69, 9.17) is 19.4 Å². The van der Waals surface area contributed by atoms with Gasteiger partial charge in [0.05, 0.1) is 65.5 Å². The van der Waals surface area contributed by atoms with Crippen LogP contribution in [-0.4, -0.2) is 65.5 Å². The Labute approximate surface area is 350 Å². The summed E-state index contributed by atoms with van der Waals surface area (Å²) in [4.78, 5) is 58.5. The Balaban J connectivity index is 1.60. The molecule has 0 unspecified atom stereocenters. The van der Waals surface area contributed by atoms with Gasteiger partial charge in [0.25, 0.3) is 0 Å². The molecule has 3 aromatic heterocycles. The Morgan fingerprint density at radius 3 is 2.07 bits per heavy atom. The van der Waals surface area contributed by atoms with Crippen LogP contribution >= 0.6 is 0 Å². The number of benzene rings is 1. The lowest BCUT2D eigenvalue weighted by atomic mass is 9.49. The molecule has 0 spiro atoms. The molecule has 0 saturated carbocycles. The minimum atomic E-state index is -0.812. The third-order valence-electron chi connectivity index (χ3n) is 14.2. The number of hydrogen-bond acceptors (Lipinski definition) is 9. The summed E-state index contributed by atoms with van der Waals surface area (Å²) < 4.78 is 10.1. The van der Waals surface area contributed by atoms with Crippen molar-refractivity contribution >= 4 is 63.2 Å². The molecule has 3 atom stereocenters. The molecular formula is C49H52N6O5. The van der Waals surface area contributed by atoms with Gasteiger partial charge in [0.2, 0.25) is 0 Å². The summed E-state index contributed by atoms with van der Waals surface area (Å²) in [6, 6.07) is 12.7. The summed E-state index contributed by atoms with van der Waals surface area (Å²) in [6.07, 6.45) is 5.57. The number of nitriles is 1. The molecule has 60 heavy (non-hydrogen) atoms. The standard InChI is InChI=1S/C49H52N6O5/c1-11-31-28(6)45-34-18-29(23-50)47-49(12-2)46(34)54-42(48(49,7)35-19-30(24-56)25(3)17-41(35)55(47)8)22-37-27(5)33(14-16-44(58)60-10)40(52-37)21-39-32(13-15-43(57)59-9)26(4)36(51-39)20-38(31)53-45/h17-22,24,47,51-52H,11-16H2,1-10H3/t47-,48-,49-/m0/s1. The number of anilines is 1. The van der Waals surface area contributed by atoms with E-state index in [0.29, 0.717) is 30.4 Å². The summed E-state index contributed by atoms with van der Waals surface area (Å²) in [5.41, 5.74) is 16.0. The zero-order chi connectivity index (χ0) is 43.0. The zero-order valence-electron chi connectivity index (χ0n) is 36.2. The number of allylic oxidation sites excluding steroid dienone is 2. The second-order valence-corrected chi connectivity index (χ2v) is 16.8. The quantitative estimate of drug-likeness (QED) is 0.125. The number of hydrogen-bond donors (Lipinski definition) is 2. The van der Waals surface area contributed by atoms with Gasteiger partial charge in [-0.15, -0.1) is 0 Å². The number of aldehydes is 1. The first-order chi connectivity index (χ1) is 28.7. The molecule has 11 nitrogen and oxygen atoms in total. The van der Waals surface area contributed by atoms with E-state index in [1.165, 1.54) is 14.2 Å². The molecule has 4 aromatic rings. The predicted molar refractivity (Wildman–Crippen MR) is 235 cm³/mol. The SMILES string of the molecule is CCC1=C(C)c2nc1cc1[nH]c(cc3[nH]c(cc4nc5c2C=C(C#N)[C@@H]2N(C)c6cc(C)c(C=O)cc6[C@]4(C)[C@@]52CC)c(C)c3CCC(=O)OC)c(CCC(=O)OC)c1C. The topological polar surface area (TPSA) is 154 Å². The van der Waals surface area contributed by atoms with Gasteiger partial charge in [0.1, 0.15) is 6.29 Å². The minimum absolute atomic E-state index is 0.184. The van der Waals surface area contributed by atoms with Crippen LogP contribution in [0.4, 0.5) is 5.69 Å². The average Bonchev–Trinajstić information content (AvgIpc) is 3.91. The lowest BCUT2D eigenvalue weighted by Crippen LogP contribution is -2.63. The number of nitrogens with one attached hydrogen (secondary N) is 2. The Bertz CT molecular complexity index is 2830. The highest BCUT2D eigenvalue weighted by atomic mass is 16.5. The Kier molecular flexibility index (Phi) is 9.97. The Morgan fingerprint density at radius 1 is 0.900 bits per heavy atom. The second-order valence-electron chi connectivity index (χ2n) is 16.8. The van der Waals surface area contributed by atoms with E-state index in [-0.39, 0.29) is 30.8 Å². The highest BCUT2D eigenvalue weighted by Gasteiger charge is 2.66. The van der Waals surface area contributed by atoms with Gasteiger partial charge in [-0.25, -0.2) is 4.98 Å². The molecule has 0 fully saturated rings. The van der Waals surface area contributed by atoms with E-state index < -0.39 is 10.8 Å². The number of methoxy groups -OCH3 is 2. The minimum Gasteiger partial charge on any atom is -0.469 e. The van der Waals surface area contributed by atoms with Crippen molar-refractivity contribution in [3.63, 3.8) is 0 Å². The molecule has 1 aromatic carbocycles. The number of likely N-dealkylation sites (N-methyl/N-ethyl adjacent to an activating group) is 1. The summed E-state index contributed by atoms with van der Waals surface area (Å²) in [5, 5.41) is 11.1. The van der Waals surface area contributed by atoms with Crippen LogP contribution in [0.1, 0.15) is 125 Å². The van der Waals surface area contributed by atoms with Gasteiger partial charge in [0, 0.05) is 58.8 Å². The maximum Gasteiger partial charge on any atom is 0.305 e. The number of nitrogens with zero attached hydrogens (tertiary/aromatic N) is 4. The van der Waals surface area contributed by atoms with Crippen molar-refractivity contribution in [2.75, 3.05) is 26.2 Å². The highest BCUT2D eigenvalue weighted by molar-refractivity contribution is 5.96. The normalized spacial score (nSPS) is 20.1. The fraction of sp³-hybridized carbons (Fsp3) is 0.388. The largest absolute Gasteiger partial charge is 0.469 e. The Hall–Kier alpha value is -6.28. The first-order valence-electron chi connectivity index (χ1n) is 20.8. The van der Waals surface area contributed by atoms with Crippen molar-refractivity contribution < 1.29 is 23.9 Å². The van der Waals surface area contributed by atoms with Crippen molar-refractivity contribution in [1.82, 2.24) is 19.9 Å². The van der Waals surface area contributed by atoms with Gasteiger partial charge in [-0.05, 0) is 141 Å². The van der Waals surface area contributed by atoms with E-state index in [1.807, 2.05) is 19.1 Å². The third-order valence-corrected chi connectivity index (χ3v) is 14.2. The summed E-state index contributed by atoms with van der Waals surface area (Å²) in [6.45, 7) is 14.7. The van der Waals surface area contributed by atoms with Crippen molar-refractivity contribution in [1.29, 1.82) is 5.26 Å². The highest BCUT2D eigenvalue weighted by Crippen LogP contribution is 2.65. The number of aryl methyl sites for hydroxylation is 5. The fourth-order valence-corrected chi connectivity index (χ4v) is 10.9. The molecule has 8 rings (SSSR count). The van der Waals surface area contributed by atoms with Crippen LogP contribution in [0.25, 0.3) is 39.3 Å². The molecule has 0 radical (unpaired) electrons. The molecular weight excluding hydrogens is 753 g/mol. The van der Waals surface area contributed by atoms with Gasteiger partial charge in [-0.3, -0.25) is 19.4 Å². The lowest BCUT2D eigenvalue weighted by molar-refractivity contribution is -0.141. The average molecular weight is 805 g/mol. The molecule has 0 saturated heterocycles. The molecule has 6 heterocycles. The number of ether oxygens (including phenoxy) is 2. The first kappa shape index (κ1) is 40.5. The van der Waals surface area contributed by atoms with Crippen molar-refractivity contribution in [3.05, 3.63) is 103 Å². The summed E-state index contributed by atoms with van der Waals surface area (Å²) in [7, 11) is 4.85. The molecule has 3 aliphatic heterocycles. The van der Waals surface area contributed by atoms with Crippen LogP contribution < -0.4 is 4.90 Å². The van der Waals surface area contributed by atoms with Crippen LogP contribution in [0, 0.1) is 32.1 Å². The molecule has 308 valence electrons. The van der Waals surface area contributed by atoms with Gasteiger partial charge >= 0.3 is 11.9 Å². The van der Waals surface area contributed by atoms with Crippen molar-refractivity contribution in [2.24, 2.45) is 0 Å². The van der Waals surface area contributed by atoms with Crippen molar-refractivity contribution in [2.45, 2.75) is 104 Å². The number of H-pyrrole nitrogens is 2. The maximum absolute atomic E-state index is 12.6. The van der Waals surface area contributed by atoms with E-state index in [9.17, 15) is 19.6 Å². The number of aromatic amines is 2. The summed E-state index contributed by atoms with van der Waals surface area (Å²) in [5.74, 6) is -0.604. The van der Waals surface area contributed by atoms with E-state index in [0.717, 1.165) is 113 Å². The number of aromatic nitrogens is 4. The van der Waals surface area contributed by atoms with Gasteiger partial charge < -0.3 is 24.3 Å². The van der Waals surface area contributed by atoms with Crippen LogP contribution in [-0.2, 0) is 42.7 Å². The zero-order valence-corrected chi connectivity index (χ0v) is 36.2. The monoisotopic (exact) mass is 804 g/mol. The molecule has 0 amide bonds. The molecule has 2 N–H and O–H groups in total. The van der Waals surface area contributed by atoms with E-state index >= 15 is 0 Å².